The van der Waals surface area contributed by atoms with Gasteiger partial charge in [-0.1, -0.05) is 72.8 Å². The first-order chi connectivity index (χ1) is 20.8. The second-order valence-electron chi connectivity index (χ2n) is 9.65. The summed E-state index contributed by atoms with van der Waals surface area (Å²) in [4.78, 5) is 26.1. The number of pyridine rings is 6. The van der Waals surface area contributed by atoms with Crippen LogP contribution in [0.2, 0.25) is 0 Å². The Kier molecular flexibility index (Phi) is 49.1. The molecule has 22 heteroatoms. The molecule has 0 aliphatic rings. The van der Waals surface area contributed by atoms with Crippen LogP contribution >= 0.6 is 0 Å². The Balaban J connectivity index is -0.0000000655. The van der Waals surface area contributed by atoms with Gasteiger partial charge >= 0.3 is 54.2 Å². The van der Waals surface area contributed by atoms with Crippen LogP contribution in [0.4, 0.5) is 0 Å². The fourth-order valence-corrected chi connectivity index (χ4v) is 5.04. The van der Waals surface area contributed by atoms with E-state index < -0.39 is 0 Å². The van der Waals surface area contributed by atoms with E-state index >= 15 is 0 Å². The molecule has 0 spiro atoms. The first-order valence-electron chi connectivity index (χ1n) is 13.6. The van der Waals surface area contributed by atoms with Crippen LogP contribution in [0.15, 0.2) is 146 Å². The number of nitrogens with zero attached hydrogens (tertiary/aromatic N) is 6. The van der Waals surface area contributed by atoms with Crippen LogP contribution < -0.4 is 0 Å². The van der Waals surface area contributed by atoms with Gasteiger partial charge in [0.25, 0.3) is 0 Å². The second-order valence-corrected chi connectivity index (χ2v) is 9.65. The van der Waals surface area contributed by atoms with E-state index in [0.717, 1.165) is 65.4 Å². The Morgan fingerprint density at radius 3 is 0.466 bits per heavy atom. The standard InChI is InChI=1S/3C12H8N2.2Cr.6H2O.7O.Zn/c3*1-3-9-5-6-10-4-2-8-14-12(10)11(9)13-7-1;;;;;;;;;;;;;;;;/h3*1-8H;;;6*1H2;;;;;;;;/q;;;2*+6;;;;;;;7*-2;+2. The van der Waals surface area contributed by atoms with Gasteiger partial charge in [-0.05, 0) is 36.4 Å². The molecule has 19 nitrogen and oxygen atoms in total. The molecule has 3 aromatic carbocycles. The molecule has 0 bridgehead atoms. The molecule has 6 heterocycles. The van der Waals surface area contributed by atoms with E-state index in [1.54, 1.807) is 37.2 Å². The Morgan fingerprint density at radius 2 is 0.345 bits per heavy atom. The predicted molar refractivity (Wildman–Crippen MR) is 198 cm³/mol. The van der Waals surface area contributed by atoms with Crippen LogP contribution in [0.5, 0.6) is 0 Å². The zero-order valence-corrected chi connectivity index (χ0v) is 35.4. The van der Waals surface area contributed by atoms with E-state index in [1.807, 2.05) is 36.4 Å². The fraction of sp³-hybridized carbons (Fsp3) is 0. The fourth-order valence-electron chi connectivity index (χ4n) is 5.04. The molecule has 9 aromatic rings. The molecule has 0 radical (unpaired) electrons. The molecule has 0 unspecified atom stereocenters. The molecule has 0 atom stereocenters. The van der Waals surface area contributed by atoms with Crippen molar-refractivity contribution in [2.24, 2.45) is 0 Å². The van der Waals surface area contributed by atoms with E-state index in [2.05, 4.69) is 103 Å². The van der Waals surface area contributed by atoms with E-state index in [-0.39, 0.29) is 125 Å². The van der Waals surface area contributed by atoms with Gasteiger partial charge in [-0.2, -0.15) is 0 Å². The van der Waals surface area contributed by atoms with Gasteiger partial charge in [0.1, 0.15) is 0 Å². The molecule has 0 fully saturated rings. The molecule has 0 saturated carbocycles. The normalized spacial score (nSPS) is 7.86. The van der Waals surface area contributed by atoms with Crippen LogP contribution in [0.3, 0.4) is 0 Å². The van der Waals surface area contributed by atoms with Crippen molar-refractivity contribution in [1.82, 2.24) is 29.9 Å². The monoisotopic (exact) mass is 928 g/mol. The first kappa shape index (κ1) is 77.7. The predicted octanol–water partition coefficient (Wildman–Crippen LogP) is 2.56. The summed E-state index contributed by atoms with van der Waals surface area (Å²) in [6.45, 7) is 0. The number of rotatable bonds is 0. The van der Waals surface area contributed by atoms with Crippen molar-refractivity contribution in [2.75, 3.05) is 0 Å². The minimum Gasteiger partial charge on any atom is -2.00 e. The van der Waals surface area contributed by atoms with Gasteiger partial charge in [0.05, 0.1) is 33.1 Å². The maximum Gasteiger partial charge on any atom is 6.00 e. The summed E-state index contributed by atoms with van der Waals surface area (Å²) in [6, 6.07) is 36.4. The minimum atomic E-state index is 0. The van der Waals surface area contributed by atoms with Crippen molar-refractivity contribution >= 4 is 65.4 Å². The summed E-state index contributed by atoms with van der Waals surface area (Å²) in [6.07, 6.45) is 10.8. The molecular formula is C36H36Cr2N6O13Zn. The summed E-state index contributed by atoms with van der Waals surface area (Å²) in [7, 11) is 0. The van der Waals surface area contributed by atoms with Crippen molar-refractivity contribution < 1.29 is 125 Å². The van der Waals surface area contributed by atoms with Gasteiger partial charge in [-0.15, -0.1) is 0 Å². The smallest absolute Gasteiger partial charge is 2.00 e. The van der Waals surface area contributed by atoms with E-state index in [4.69, 9.17) is 0 Å². The SMILES string of the molecule is O.O.O.O.O.O.[Cr+6].[Cr+6].[O-2].[O-2].[O-2].[O-2].[O-2].[O-2].[O-2].[Zn+2].c1cnc2c(c1)ccc1cccnc12.c1cnc2c(c1)ccc1cccnc12.c1cnc2c(c1)ccc1cccnc12. The number of hydrogen-bond acceptors (Lipinski definition) is 6. The zero-order chi connectivity index (χ0) is 28.1. The summed E-state index contributed by atoms with van der Waals surface area (Å²) in [5.41, 5.74) is 5.86. The molecular weight excluding hydrogens is 894 g/mol. The third kappa shape index (κ3) is 16.6. The Morgan fingerprint density at radius 1 is 0.224 bits per heavy atom. The molecule has 12 N–H and O–H groups in total. The van der Waals surface area contributed by atoms with E-state index in [9.17, 15) is 0 Å². The van der Waals surface area contributed by atoms with Crippen LogP contribution in [-0.4, -0.2) is 62.8 Å². The van der Waals surface area contributed by atoms with Gasteiger partial charge in [-0.25, -0.2) is 0 Å². The Bertz CT molecular complexity index is 1970. The summed E-state index contributed by atoms with van der Waals surface area (Å²) in [5, 5.41) is 6.83. The summed E-state index contributed by atoms with van der Waals surface area (Å²) in [5.74, 6) is 0. The minimum absolute atomic E-state index is 0. The number of aromatic nitrogens is 6. The molecule has 0 aliphatic heterocycles. The van der Waals surface area contributed by atoms with Crippen molar-refractivity contribution in [3.05, 3.63) is 146 Å². The maximum absolute atomic E-state index is 4.35. The molecule has 9 rings (SSSR count). The molecule has 0 aliphatic carbocycles. The number of hydrogen-bond donors (Lipinski definition) is 0. The Hall–Kier alpha value is -4.71. The van der Waals surface area contributed by atoms with Gasteiger partial charge in [-0.3, -0.25) is 29.9 Å². The van der Waals surface area contributed by atoms with Crippen LogP contribution in [0.1, 0.15) is 0 Å². The van der Waals surface area contributed by atoms with Crippen molar-refractivity contribution in [2.45, 2.75) is 0 Å². The average molecular weight is 930 g/mol. The largest absolute Gasteiger partial charge is 6.00 e. The van der Waals surface area contributed by atoms with Gasteiger partial charge in [0, 0.05) is 69.5 Å². The van der Waals surface area contributed by atoms with E-state index in [1.165, 1.54) is 0 Å². The topological polar surface area (TPSA) is 466 Å². The number of fused-ring (bicyclic) bond motifs is 9. The molecule has 6 aromatic heterocycles. The third-order valence-corrected chi connectivity index (χ3v) is 7.03. The molecule has 0 amide bonds. The first-order valence-corrected chi connectivity index (χ1v) is 13.6. The number of benzene rings is 3. The summed E-state index contributed by atoms with van der Waals surface area (Å²) >= 11 is 0. The quantitative estimate of drug-likeness (QED) is 0.162. The maximum atomic E-state index is 4.35. The second kappa shape index (κ2) is 36.6. The van der Waals surface area contributed by atoms with E-state index in [0.29, 0.717) is 0 Å². The van der Waals surface area contributed by atoms with Crippen LogP contribution in [0.25, 0.3) is 65.4 Å². The van der Waals surface area contributed by atoms with Crippen molar-refractivity contribution in [3.63, 3.8) is 0 Å². The van der Waals surface area contributed by atoms with Crippen molar-refractivity contribution in [1.29, 1.82) is 0 Å². The average Bonchev–Trinajstić information content (AvgIpc) is 3.09. The molecule has 0 saturated heterocycles. The van der Waals surface area contributed by atoms with Gasteiger partial charge < -0.3 is 71.2 Å². The van der Waals surface area contributed by atoms with Crippen molar-refractivity contribution in [3.8, 4) is 0 Å². The van der Waals surface area contributed by atoms with Crippen LogP contribution in [0, 0.1) is 0 Å². The molecule has 58 heavy (non-hydrogen) atoms. The zero-order valence-electron chi connectivity index (χ0n) is 29.9. The van der Waals surface area contributed by atoms with Gasteiger partial charge in [0.15, 0.2) is 0 Å². The van der Waals surface area contributed by atoms with Crippen LogP contribution in [-0.2, 0) is 92.5 Å². The summed E-state index contributed by atoms with van der Waals surface area (Å²) < 4.78 is 0. The Labute approximate surface area is 365 Å². The third-order valence-electron chi connectivity index (χ3n) is 7.03. The molecule has 302 valence electrons. The van der Waals surface area contributed by atoms with Gasteiger partial charge in [0.2, 0.25) is 0 Å².